The third-order valence-corrected chi connectivity index (χ3v) is 3.94. The maximum Gasteiger partial charge on any atom is 0.272 e. The molecule has 1 saturated carbocycles. The van der Waals surface area contributed by atoms with Gasteiger partial charge in [-0.1, -0.05) is 12.8 Å². The molecule has 1 aliphatic rings. The second kappa shape index (κ2) is 6.53. The minimum Gasteiger partial charge on any atom is -0.333 e. The Balaban J connectivity index is 2.14. The molecular formula is C13H16BrClN2O. The second-order valence-corrected chi connectivity index (χ2v) is 5.78. The molecule has 5 heteroatoms. The molecule has 1 aromatic rings. The van der Waals surface area contributed by atoms with Gasteiger partial charge in [-0.05, 0) is 40.9 Å². The summed E-state index contributed by atoms with van der Waals surface area (Å²) in [6, 6.07) is 3.93. The summed E-state index contributed by atoms with van der Waals surface area (Å²) < 4.78 is 0.879. The molecule has 0 spiro atoms. The normalized spacial score (nSPS) is 15.9. The number of alkyl halides is 1. The molecule has 1 heterocycles. The van der Waals surface area contributed by atoms with Gasteiger partial charge in [-0.2, -0.15) is 0 Å². The van der Waals surface area contributed by atoms with Crippen LogP contribution in [0.1, 0.15) is 36.2 Å². The van der Waals surface area contributed by atoms with Crippen LogP contribution in [0.5, 0.6) is 0 Å². The van der Waals surface area contributed by atoms with Gasteiger partial charge >= 0.3 is 0 Å². The Morgan fingerprint density at radius 1 is 1.44 bits per heavy atom. The van der Waals surface area contributed by atoms with Crippen LogP contribution in [0.25, 0.3) is 0 Å². The van der Waals surface area contributed by atoms with Crippen molar-refractivity contribution in [2.45, 2.75) is 31.7 Å². The van der Waals surface area contributed by atoms with Crippen LogP contribution >= 0.6 is 27.5 Å². The third-order valence-electron chi connectivity index (χ3n) is 3.30. The molecule has 0 N–H and O–H groups in total. The molecule has 0 atom stereocenters. The molecule has 0 aliphatic heterocycles. The highest BCUT2D eigenvalue weighted by molar-refractivity contribution is 9.10. The summed E-state index contributed by atoms with van der Waals surface area (Å²) in [5.74, 6) is 0.466. The van der Waals surface area contributed by atoms with Crippen LogP contribution < -0.4 is 0 Å². The first-order valence-corrected chi connectivity index (χ1v) is 7.53. The van der Waals surface area contributed by atoms with Gasteiger partial charge < -0.3 is 4.90 Å². The Labute approximate surface area is 121 Å². The van der Waals surface area contributed by atoms with Crippen molar-refractivity contribution in [2.24, 2.45) is 0 Å². The van der Waals surface area contributed by atoms with Gasteiger partial charge in [-0.3, -0.25) is 4.79 Å². The molecule has 0 aromatic carbocycles. The minimum absolute atomic E-state index is 0.00458. The van der Waals surface area contributed by atoms with Gasteiger partial charge in [-0.25, -0.2) is 4.98 Å². The smallest absolute Gasteiger partial charge is 0.272 e. The summed E-state index contributed by atoms with van der Waals surface area (Å²) in [4.78, 5) is 18.5. The van der Waals surface area contributed by atoms with Gasteiger partial charge in [0.25, 0.3) is 5.91 Å². The molecule has 3 nitrogen and oxygen atoms in total. The minimum atomic E-state index is -0.00458. The van der Waals surface area contributed by atoms with Crippen molar-refractivity contribution >= 4 is 33.4 Å². The summed E-state index contributed by atoms with van der Waals surface area (Å²) in [5, 5.41) is 0. The molecule has 2 rings (SSSR count). The standard InChI is InChI=1S/C13H16BrClN2O/c14-10-5-6-12(16-9-10)13(18)17(8-7-15)11-3-1-2-4-11/h5-6,9,11H,1-4,7-8H2. The van der Waals surface area contributed by atoms with Crippen molar-refractivity contribution in [3.63, 3.8) is 0 Å². The second-order valence-electron chi connectivity index (χ2n) is 4.49. The Hall–Kier alpha value is -0.610. The van der Waals surface area contributed by atoms with Crippen LogP contribution in [0.4, 0.5) is 0 Å². The number of hydrogen-bond acceptors (Lipinski definition) is 2. The van der Waals surface area contributed by atoms with Crippen LogP contribution in [-0.4, -0.2) is 34.3 Å². The van der Waals surface area contributed by atoms with Gasteiger partial charge in [0.15, 0.2) is 0 Å². The maximum atomic E-state index is 12.4. The molecule has 0 saturated heterocycles. The Bertz CT molecular complexity index is 404. The molecule has 1 aromatic heterocycles. The van der Waals surface area contributed by atoms with Gasteiger partial charge in [0.2, 0.25) is 0 Å². The molecule has 1 aliphatic carbocycles. The summed E-state index contributed by atoms with van der Waals surface area (Å²) >= 11 is 9.13. The van der Waals surface area contributed by atoms with E-state index >= 15 is 0 Å². The molecule has 0 unspecified atom stereocenters. The predicted octanol–water partition coefficient (Wildman–Crippen LogP) is 3.47. The number of rotatable bonds is 4. The van der Waals surface area contributed by atoms with Crippen molar-refractivity contribution in [1.29, 1.82) is 0 Å². The number of nitrogens with zero attached hydrogens (tertiary/aromatic N) is 2. The van der Waals surface area contributed by atoms with Gasteiger partial charge in [0.1, 0.15) is 5.69 Å². The van der Waals surface area contributed by atoms with Gasteiger partial charge in [0.05, 0.1) is 0 Å². The monoisotopic (exact) mass is 330 g/mol. The number of amides is 1. The molecule has 0 bridgehead atoms. The lowest BCUT2D eigenvalue weighted by molar-refractivity contribution is 0.0689. The number of carbonyl (C=O) groups is 1. The number of halogens is 2. The first-order chi connectivity index (χ1) is 8.72. The summed E-state index contributed by atoms with van der Waals surface area (Å²) in [6.45, 7) is 0.600. The quantitative estimate of drug-likeness (QED) is 0.792. The Kier molecular flexibility index (Phi) is 5.01. The first kappa shape index (κ1) is 13.8. The summed E-state index contributed by atoms with van der Waals surface area (Å²) in [7, 11) is 0. The van der Waals surface area contributed by atoms with Crippen molar-refractivity contribution in [1.82, 2.24) is 9.88 Å². The summed E-state index contributed by atoms with van der Waals surface area (Å²) in [6.07, 6.45) is 6.22. The zero-order valence-corrected chi connectivity index (χ0v) is 12.5. The van der Waals surface area contributed by atoms with Crippen LogP contribution in [0.2, 0.25) is 0 Å². The van der Waals surface area contributed by atoms with E-state index in [-0.39, 0.29) is 5.91 Å². The maximum absolute atomic E-state index is 12.4. The average molecular weight is 332 g/mol. The van der Waals surface area contributed by atoms with E-state index in [9.17, 15) is 4.79 Å². The third kappa shape index (κ3) is 3.23. The number of hydrogen-bond donors (Lipinski definition) is 0. The van der Waals surface area contributed by atoms with Crippen LogP contribution in [-0.2, 0) is 0 Å². The van der Waals surface area contributed by atoms with Crippen LogP contribution in [0, 0.1) is 0 Å². The fourth-order valence-corrected chi connectivity index (χ4v) is 2.82. The van der Waals surface area contributed by atoms with E-state index in [1.807, 2.05) is 11.0 Å². The fourth-order valence-electron chi connectivity index (χ4n) is 2.41. The lowest BCUT2D eigenvalue weighted by Crippen LogP contribution is -2.40. The van der Waals surface area contributed by atoms with Crippen LogP contribution in [0.3, 0.4) is 0 Å². The SMILES string of the molecule is O=C(c1ccc(Br)cn1)N(CCCl)C1CCCC1. The zero-order chi connectivity index (χ0) is 13.0. The molecular weight excluding hydrogens is 316 g/mol. The van der Waals surface area contributed by atoms with Crippen molar-refractivity contribution in [3.05, 3.63) is 28.5 Å². The Morgan fingerprint density at radius 3 is 2.72 bits per heavy atom. The lowest BCUT2D eigenvalue weighted by atomic mass is 10.2. The molecule has 1 fully saturated rings. The molecule has 1 amide bonds. The topological polar surface area (TPSA) is 33.2 Å². The zero-order valence-electron chi connectivity index (χ0n) is 10.1. The first-order valence-electron chi connectivity index (χ1n) is 6.21. The van der Waals surface area contributed by atoms with Crippen molar-refractivity contribution in [3.8, 4) is 0 Å². The highest BCUT2D eigenvalue weighted by Crippen LogP contribution is 2.24. The van der Waals surface area contributed by atoms with Gasteiger partial charge in [-0.15, -0.1) is 11.6 Å². The highest BCUT2D eigenvalue weighted by atomic mass is 79.9. The fraction of sp³-hybridized carbons (Fsp3) is 0.538. The van der Waals surface area contributed by atoms with E-state index in [4.69, 9.17) is 11.6 Å². The lowest BCUT2D eigenvalue weighted by Gasteiger charge is -2.28. The van der Waals surface area contributed by atoms with E-state index < -0.39 is 0 Å². The van der Waals surface area contributed by atoms with E-state index in [0.717, 1.165) is 17.3 Å². The average Bonchev–Trinajstić information content (AvgIpc) is 2.90. The number of aromatic nitrogens is 1. The number of carbonyl (C=O) groups excluding carboxylic acids is 1. The van der Waals surface area contributed by atoms with Crippen LogP contribution in [0.15, 0.2) is 22.8 Å². The van der Waals surface area contributed by atoms with Crippen molar-refractivity contribution in [2.75, 3.05) is 12.4 Å². The van der Waals surface area contributed by atoms with E-state index in [2.05, 4.69) is 20.9 Å². The molecule has 98 valence electrons. The van der Waals surface area contributed by atoms with E-state index in [1.165, 1.54) is 12.8 Å². The highest BCUT2D eigenvalue weighted by Gasteiger charge is 2.27. The van der Waals surface area contributed by atoms with E-state index in [1.54, 1.807) is 12.3 Å². The molecule has 0 radical (unpaired) electrons. The largest absolute Gasteiger partial charge is 0.333 e. The number of pyridine rings is 1. The predicted molar refractivity (Wildman–Crippen MR) is 75.9 cm³/mol. The van der Waals surface area contributed by atoms with Gasteiger partial charge in [0, 0.05) is 29.1 Å². The molecule has 18 heavy (non-hydrogen) atoms. The van der Waals surface area contributed by atoms with E-state index in [0.29, 0.717) is 24.2 Å². The van der Waals surface area contributed by atoms with Crippen molar-refractivity contribution < 1.29 is 4.79 Å². The summed E-state index contributed by atoms with van der Waals surface area (Å²) in [5.41, 5.74) is 0.496. The Morgan fingerprint density at radius 2 is 2.17 bits per heavy atom.